The Morgan fingerprint density at radius 3 is 2.55 bits per heavy atom. The van der Waals surface area contributed by atoms with Crippen LogP contribution in [0, 0.1) is 0 Å². The molecule has 1 heterocycles. The molecule has 2 rings (SSSR count). The van der Waals surface area contributed by atoms with E-state index in [-0.39, 0.29) is 4.90 Å². The lowest BCUT2D eigenvalue weighted by atomic mass is 10.1. The fourth-order valence-electron chi connectivity index (χ4n) is 1.92. The molecule has 6 nitrogen and oxygen atoms in total. The minimum absolute atomic E-state index is 0.142. The van der Waals surface area contributed by atoms with Gasteiger partial charge in [0.25, 0.3) is 10.0 Å². The molecule has 20 heavy (non-hydrogen) atoms. The summed E-state index contributed by atoms with van der Waals surface area (Å²) in [4.78, 5) is 0.142. The van der Waals surface area contributed by atoms with Gasteiger partial charge in [-0.05, 0) is 30.5 Å². The maximum atomic E-state index is 12.3. The summed E-state index contributed by atoms with van der Waals surface area (Å²) in [7, 11) is -3.66. The number of nitrogens with one attached hydrogen (secondary N) is 2. The van der Waals surface area contributed by atoms with E-state index in [4.69, 9.17) is 5.73 Å². The lowest BCUT2D eigenvalue weighted by Gasteiger charge is -2.10. The monoisotopic (exact) mass is 294 g/mol. The highest BCUT2D eigenvalue weighted by atomic mass is 32.2. The van der Waals surface area contributed by atoms with Crippen LogP contribution in [-0.4, -0.2) is 18.6 Å². The van der Waals surface area contributed by atoms with E-state index in [1.165, 1.54) is 6.07 Å². The largest absolute Gasteiger partial charge is 0.398 e. The second kappa shape index (κ2) is 5.54. The first-order chi connectivity index (χ1) is 9.47. The number of benzene rings is 1. The Morgan fingerprint density at radius 1 is 1.25 bits per heavy atom. The zero-order chi connectivity index (χ0) is 14.8. The average molecular weight is 294 g/mol. The van der Waals surface area contributed by atoms with Crippen LogP contribution in [0.5, 0.6) is 0 Å². The minimum atomic E-state index is -3.66. The first-order valence-electron chi connectivity index (χ1n) is 6.41. The zero-order valence-electron chi connectivity index (χ0n) is 11.5. The Morgan fingerprint density at radius 2 is 1.95 bits per heavy atom. The van der Waals surface area contributed by atoms with Crippen LogP contribution in [0.3, 0.4) is 0 Å². The summed E-state index contributed by atoms with van der Waals surface area (Å²) in [6.07, 6.45) is 3.05. The molecule has 108 valence electrons. The Bertz CT molecular complexity index is 707. The Hall–Kier alpha value is -2.02. The molecular formula is C13H18N4O2S. The number of nitrogens with two attached hydrogens (primary N) is 1. The Balaban J connectivity index is 2.33. The predicted molar refractivity (Wildman–Crippen MR) is 79.0 cm³/mol. The maximum absolute atomic E-state index is 12.3. The molecule has 0 saturated heterocycles. The molecule has 0 aliphatic carbocycles. The van der Waals surface area contributed by atoms with Crippen molar-refractivity contribution >= 4 is 21.5 Å². The molecule has 0 spiro atoms. The van der Waals surface area contributed by atoms with Crippen molar-refractivity contribution in [2.75, 3.05) is 10.5 Å². The van der Waals surface area contributed by atoms with E-state index in [0.717, 1.165) is 17.5 Å². The van der Waals surface area contributed by atoms with E-state index in [1.807, 2.05) is 13.8 Å². The average Bonchev–Trinajstić information content (AvgIpc) is 2.85. The highest BCUT2D eigenvalue weighted by Crippen LogP contribution is 2.22. The fraction of sp³-hybridized carbons (Fsp3) is 0.308. The summed E-state index contributed by atoms with van der Waals surface area (Å²) in [6.45, 7) is 3.90. The van der Waals surface area contributed by atoms with Crippen LogP contribution in [0.4, 0.5) is 11.5 Å². The number of hydrogen-bond donors (Lipinski definition) is 3. The third-order valence-corrected chi connectivity index (χ3v) is 4.49. The van der Waals surface area contributed by atoms with Gasteiger partial charge >= 0.3 is 0 Å². The topological polar surface area (TPSA) is 101 Å². The van der Waals surface area contributed by atoms with Gasteiger partial charge in [0.2, 0.25) is 0 Å². The van der Waals surface area contributed by atoms with Crippen LogP contribution >= 0.6 is 0 Å². The van der Waals surface area contributed by atoms with Crippen LogP contribution in [0.1, 0.15) is 25.0 Å². The molecule has 2 aromatic rings. The van der Waals surface area contributed by atoms with Gasteiger partial charge in [0.15, 0.2) is 0 Å². The van der Waals surface area contributed by atoms with E-state index in [0.29, 0.717) is 17.9 Å². The summed E-state index contributed by atoms with van der Waals surface area (Å²) < 4.78 is 27.1. The summed E-state index contributed by atoms with van der Waals surface area (Å²) in [5, 5.41) is 6.49. The number of rotatable bonds is 5. The van der Waals surface area contributed by atoms with Crippen molar-refractivity contribution in [2.45, 2.75) is 31.6 Å². The lowest BCUT2D eigenvalue weighted by molar-refractivity contribution is 0.601. The number of aromatic amines is 1. The van der Waals surface area contributed by atoms with Crippen molar-refractivity contribution in [3.8, 4) is 0 Å². The molecule has 0 aliphatic rings. The molecule has 0 atom stereocenters. The number of H-pyrrole nitrogens is 1. The second-order valence-electron chi connectivity index (χ2n) is 4.44. The molecule has 1 aromatic heterocycles. The first kappa shape index (κ1) is 14.4. The van der Waals surface area contributed by atoms with E-state index < -0.39 is 10.0 Å². The Kier molecular flexibility index (Phi) is 3.99. The van der Waals surface area contributed by atoms with Gasteiger partial charge in [0.05, 0.1) is 11.1 Å². The molecule has 7 heteroatoms. The third kappa shape index (κ3) is 2.77. The normalized spacial score (nSPS) is 11.5. The highest BCUT2D eigenvalue weighted by molar-refractivity contribution is 7.92. The number of aromatic nitrogens is 2. The number of nitrogen functional groups attached to an aromatic ring is 1. The molecule has 0 saturated carbocycles. The van der Waals surface area contributed by atoms with Crippen LogP contribution < -0.4 is 10.5 Å². The summed E-state index contributed by atoms with van der Waals surface area (Å²) in [5.74, 6) is 0.394. The van der Waals surface area contributed by atoms with Gasteiger partial charge in [-0.25, -0.2) is 8.42 Å². The molecule has 0 radical (unpaired) electrons. The summed E-state index contributed by atoms with van der Waals surface area (Å²) in [5.41, 5.74) is 8.07. The van der Waals surface area contributed by atoms with Crippen LogP contribution in [-0.2, 0) is 22.9 Å². The third-order valence-electron chi connectivity index (χ3n) is 3.14. The first-order valence-corrected chi connectivity index (χ1v) is 7.89. The summed E-state index contributed by atoms with van der Waals surface area (Å²) in [6, 6.07) is 4.76. The minimum Gasteiger partial charge on any atom is -0.398 e. The Labute approximate surface area is 118 Å². The van der Waals surface area contributed by atoms with Crippen molar-refractivity contribution in [1.82, 2.24) is 10.2 Å². The molecular weight excluding hydrogens is 276 g/mol. The number of aryl methyl sites for hydroxylation is 2. The van der Waals surface area contributed by atoms with Crippen molar-refractivity contribution in [1.29, 1.82) is 0 Å². The van der Waals surface area contributed by atoms with Gasteiger partial charge in [-0.3, -0.25) is 9.82 Å². The van der Waals surface area contributed by atoms with E-state index in [2.05, 4.69) is 14.9 Å². The highest BCUT2D eigenvalue weighted by Gasteiger charge is 2.17. The SMILES string of the molecule is CCc1ccc(S(=O)(=O)Nc2[nH]ncc2CC)cc1N. The quantitative estimate of drug-likeness (QED) is 0.733. The second-order valence-corrected chi connectivity index (χ2v) is 6.13. The number of sulfonamides is 1. The van der Waals surface area contributed by atoms with Crippen molar-refractivity contribution < 1.29 is 8.42 Å². The molecule has 4 N–H and O–H groups in total. The molecule has 0 bridgehead atoms. The van der Waals surface area contributed by atoms with Gasteiger partial charge in [-0.15, -0.1) is 0 Å². The van der Waals surface area contributed by atoms with Crippen LogP contribution in [0.25, 0.3) is 0 Å². The van der Waals surface area contributed by atoms with E-state index >= 15 is 0 Å². The predicted octanol–water partition coefficient (Wildman–Crippen LogP) is 1.92. The molecule has 0 unspecified atom stereocenters. The fourth-order valence-corrected chi connectivity index (χ4v) is 3.02. The van der Waals surface area contributed by atoms with Gasteiger partial charge in [0.1, 0.15) is 5.82 Å². The lowest BCUT2D eigenvalue weighted by Crippen LogP contribution is -2.14. The van der Waals surface area contributed by atoms with E-state index in [1.54, 1.807) is 18.3 Å². The smallest absolute Gasteiger partial charge is 0.263 e. The zero-order valence-corrected chi connectivity index (χ0v) is 12.3. The molecule has 0 fully saturated rings. The standard InChI is InChI=1S/C13H18N4O2S/c1-3-9-5-6-11(7-12(9)14)20(18,19)17-13-10(4-2)8-15-16-13/h5-8H,3-4,14H2,1-2H3,(H2,15,16,17). The van der Waals surface area contributed by atoms with Crippen LogP contribution in [0.2, 0.25) is 0 Å². The maximum Gasteiger partial charge on any atom is 0.263 e. The van der Waals surface area contributed by atoms with Crippen molar-refractivity contribution in [3.63, 3.8) is 0 Å². The van der Waals surface area contributed by atoms with E-state index in [9.17, 15) is 8.42 Å². The molecule has 1 aromatic carbocycles. The van der Waals surface area contributed by atoms with Crippen LogP contribution in [0.15, 0.2) is 29.3 Å². The number of anilines is 2. The number of nitrogens with zero attached hydrogens (tertiary/aromatic N) is 1. The number of hydrogen-bond acceptors (Lipinski definition) is 4. The van der Waals surface area contributed by atoms with Crippen molar-refractivity contribution in [3.05, 3.63) is 35.5 Å². The molecule has 0 aliphatic heterocycles. The van der Waals surface area contributed by atoms with Crippen molar-refractivity contribution in [2.24, 2.45) is 0 Å². The van der Waals surface area contributed by atoms with Gasteiger partial charge in [0, 0.05) is 11.3 Å². The van der Waals surface area contributed by atoms with Gasteiger partial charge in [-0.1, -0.05) is 19.9 Å². The summed E-state index contributed by atoms with van der Waals surface area (Å²) >= 11 is 0. The molecule has 0 amide bonds. The van der Waals surface area contributed by atoms with Gasteiger partial charge in [-0.2, -0.15) is 5.10 Å². The van der Waals surface area contributed by atoms with Gasteiger partial charge < -0.3 is 5.73 Å².